The highest BCUT2D eigenvalue weighted by molar-refractivity contribution is 7.92. The van der Waals surface area contributed by atoms with Gasteiger partial charge in [-0.3, -0.25) is 13.9 Å². The molecule has 7 nitrogen and oxygen atoms in total. The number of benzene rings is 2. The summed E-state index contributed by atoms with van der Waals surface area (Å²) in [5.41, 5.74) is 0.0360. The third-order valence-corrected chi connectivity index (χ3v) is 6.38. The van der Waals surface area contributed by atoms with Crippen molar-refractivity contribution < 1.29 is 26.8 Å². The van der Waals surface area contributed by atoms with E-state index in [1.807, 2.05) is 20.8 Å². The van der Waals surface area contributed by atoms with Gasteiger partial charge in [0.2, 0.25) is 21.8 Å². The molecule has 1 atom stereocenters. The molecule has 0 saturated heterocycles. The van der Waals surface area contributed by atoms with Crippen LogP contribution in [0.25, 0.3) is 0 Å². The summed E-state index contributed by atoms with van der Waals surface area (Å²) in [7, 11) is -3.79. The smallest absolute Gasteiger partial charge is 0.242 e. The predicted octanol–water partition coefficient (Wildman–Crippen LogP) is 3.84. The molecule has 0 heterocycles. The number of rotatable bonds is 10. The molecule has 0 aliphatic heterocycles. The van der Waals surface area contributed by atoms with E-state index in [-0.39, 0.29) is 43.4 Å². The van der Waals surface area contributed by atoms with Crippen LogP contribution in [0.15, 0.2) is 48.5 Å². The summed E-state index contributed by atoms with van der Waals surface area (Å²) in [6, 6.07) is 10.3. The molecule has 0 bridgehead atoms. The number of carbonyl (C=O) groups is 2. The highest BCUT2D eigenvalue weighted by atomic mass is 32.2. The summed E-state index contributed by atoms with van der Waals surface area (Å²) in [5.74, 6) is -1.83. The number of hydrogen-bond donors (Lipinski definition) is 1. The fourth-order valence-corrected chi connectivity index (χ4v) is 4.45. The Kier molecular flexibility index (Phi) is 9.37. The van der Waals surface area contributed by atoms with Gasteiger partial charge >= 0.3 is 0 Å². The van der Waals surface area contributed by atoms with Gasteiger partial charge in [0.05, 0.1) is 11.9 Å². The average Bonchev–Trinajstić information content (AvgIpc) is 2.74. The highest BCUT2D eigenvalue weighted by Crippen LogP contribution is 2.22. The largest absolute Gasteiger partial charge is 0.350 e. The van der Waals surface area contributed by atoms with Gasteiger partial charge in [-0.25, -0.2) is 17.2 Å². The van der Waals surface area contributed by atoms with Gasteiger partial charge in [-0.05, 0) is 63.9 Å². The third kappa shape index (κ3) is 8.61. The number of hydrogen-bond acceptors (Lipinski definition) is 4. The van der Waals surface area contributed by atoms with Crippen LogP contribution < -0.4 is 9.62 Å². The minimum atomic E-state index is -3.79. The van der Waals surface area contributed by atoms with E-state index >= 15 is 0 Å². The molecular weight excluding hydrogens is 476 g/mol. The lowest BCUT2D eigenvalue weighted by molar-refractivity contribution is -0.141. The minimum absolute atomic E-state index is 0.0704. The van der Waals surface area contributed by atoms with Gasteiger partial charge in [0, 0.05) is 25.0 Å². The van der Waals surface area contributed by atoms with Gasteiger partial charge < -0.3 is 10.2 Å². The molecule has 0 unspecified atom stereocenters. The first-order valence-corrected chi connectivity index (χ1v) is 13.1. The molecule has 1 N–H and O–H groups in total. The molecule has 0 spiro atoms. The molecule has 0 fully saturated rings. The zero-order chi connectivity index (χ0) is 26.4. The number of sulfonamides is 1. The van der Waals surface area contributed by atoms with Crippen molar-refractivity contribution in [2.75, 3.05) is 17.1 Å². The van der Waals surface area contributed by atoms with Crippen molar-refractivity contribution in [3.05, 3.63) is 65.7 Å². The molecule has 0 aromatic heterocycles. The number of para-hydroxylation sites is 1. The summed E-state index contributed by atoms with van der Waals surface area (Å²) < 4.78 is 53.0. The van der Waals surface area contributed by atoms with Gasteiger partial charge in [0.1, 0.15) is 17.7 Å². The van der Waals surface area contributed by atoms with E-state index < -0.39 is 33.2 Å². The van der Waals surface area contributed by atoms with Crippen molar-refractivity contribution >= 4 is 27.5 Å². The third-order valence-electron chi connectivity index (χ3n) is 5.20. The van der Waals surface area contributed by atoms with Gasteiger partial charge in [-0.15, -0.1) is 0 Å². The van der Waals surface area contributed by atoms with Gasteiger partial charge in [-0.1, -0.05) is 24.3 Å². The standard InChI is InChI=1S/C25H33F2N3O4S/c1-18(24(32)28-25(2,3)4)29(17-19-12-14-20(26)15-13-19)23(31)11-8-16-30(35(5,33)34)22-10-7-6-9-21(22)27/h6-7,9-10,12-15,18H,8,11,16-17H2,1-5H3,(H,28,32)/t18-/m1/s1. The van der Waals surface area contributed by atoms with E-state index in [9.17, 15) is 26.8 Å². The lowest BCUT2D eigenvalue weighted by Crippen LogP contribution is -2.52. The number of anilines is 1. The van der Waals surface area contributed by atoms with Crippen LogP contribution in [0.3, 0.4) is 0 Å². The van der Waals surface area contributed by atoms with Gasteiger partial charge in [-0.2, -0.15) is 0 Å². The van der Waals surface area contributed by atoms with E-state index in [2.05, 4.69) is 5.32 Å². The second kappa shape index (κ2) is 11.6. The SMILES string of the molecule is C[C@H](C(=O)NC(C)(C)C)N(Cc1ccc(F)cc1)C(=O)CCCN(c1ccccc1F)S(C)(=O)=O. The molecule has 2 aromatic rings. The van der Waals surface area contributed by atoms with Crippen LogP contribution in [0.2, 0.25) is 0 Å². The van der Waals surface area contributed by atoms with Crippen LogP contribution >= 0.6 is 0 Å². The van der Waals surface area contributed by atoms with Crippen molar-refractivity contribution in [1.29, 1.82) is 0 Å². The summed E-state index contributed by atoms with van der Waals surface area (Å²) in [6.07, 6.45) is 1.00. The fourth-order valence-electron chi connectivity index (χ4n) is 3.48. The highest BCUT2D eigenvalue weighted by Gasteiger charge is 2.29. The maximum absolute atomic E-state index is 14.2. The van der Waals surface area contributed by atoms with Crippen LogP contribution in [0.1, 0.15) is 46.1 Å². The zero-order valence-corrected chi connectivity index (χ0v) is 21.5. The van der Waals surface area contributed by atoms with Crippen LogP contribution in [-0.4, -0.2) is 49.5 Å². The van der Waals surface area contributed by atoms with E-state index in [4.69, 9.17) is 0 Å². The van der Waals surface area contributed by atoms with Crippen LogP contribution in [0.4, 0.5) is 14.5 Å². The molecule has 2 amide bonds. The molecule has 0 radical (unpaired) electrons. The van der Waals surface area contributed by atoms with Crippen molar-refractivity contribution in [3.63, 3.8) is 0 Å². The average molecular weight is 510 g/mol. The first kappa shape index (κ1) is 28.2. The summed E-state index contributed by atoms with van der Waals surface area (Å²) >= 11 is 0. The van der Waals surface area contributed by atoms with Crippen LogP contribution in [-0.2, 0) is 26.2 Å². The van der Waals surface area contributed by atoms with Crippen molar-refractivity contribution in [2.24, 2.45) is 0 Å². The molecule has 0 aliphatic carbocycles. The monoisotopic (exact) mass is 509 g/mol. The first-order valence-electron chi connectivity index (χ1n) is 11.3. The Morgan fingerprint density at radius 1 is 1.03 bits per heavy atom. The summed E-state index contributed by atoms with van der Waals surface area (Å²) in [5, 5.41) is 2.85. The van der Waals surface area contributed by atoms with E-state index in [1.165, 1.54) is 53.4 Å². The normalized spacial score (nSPS) is 12.7. The van der Waals surface area contributed by atoms with Gasteiger partial charge in [0.15, 0.2) is 0 Å². The first-order chi connectivity index (χ1) is 16.2. The maximum Gasteiger partial charge on any atom is 0.242 e. The molecular formula is C25H33F2N3O4S. The second-order valence-electron chi connectivity index (χ2n) is 9.45. The number of carbonyl (C=O) groups excluding carboxylic acids is 2. The maximum atomic E-state index is 14.2. The fraction of sp³-hybridized carbons (Fsp3) is 0.440. The Labute approximate surface area is 206 Å². The van der Waals surface area contributed by atoms with Gasteiger partial charge in [0.25, 0.3) is 0 Å². The molecule has 0 aliphatic rings. The molecule has 2 aromatic carbocycles. The minimum Gasteiger partial charge on any atom is -0.350 e. The second-order valence-corrected chi connectivity index (χ2v) is 11.4. The topological polar surface area (TPSA) is 86.8 Å². The lowest BCUT2D eigenvalue weighted by Gasteiger charge is -2.32. The van der Waals surface area contributed by atoms with E-state index in [0.29, 0.717) is 5.56 Å². The number of amides is 2. The Bertz CT molecular complexity index is 1130. The quantitative estimate of drug-likeness (QED) is 0.527. The molecule has 2 rings (SSSR count). The Morgan fingerprint density at radius 2 is 1.63 bits per heavy atom. The lowest BCUT2D eigenvalue weighted by atomic mass is 10.1. The van der Waals surface area contributed by atoms with E-state index in [0.717, 1.165) is 10.6 Å². The molecule has 10 heteroatoms. The Balaban J connectivity index is 2.19. The number of nitrogens with zero attached hydrogens (tertiary/aromatic N) is 2. The summed E-state index contributed by atoms with van der Waals surface area (Å²) in [6.45, 7) is 7.04. The van der Waals surface area contributed by atoms with Crippen molar-refractivity contribution in [3.8, 4) is 0 Å². The number of nitrogens with one attached hydrogen (secondary N) is 1. The summed E-state index contributed by atoms with van der Waals surface area (Å²) in [4.78, 5) is 27.4. The predicted molar refractivity (Wildman–Crippen MR) is 132 cm³/mol. The molecule has 35 heavy (non-hydrogen) atoms. The molecule has 0 saturated carbocycles. The number of halogens is 2. The molecule has 192 valence electrons. The van der Waals surface area contributed by atoms with Crippen LogP contribution in [0, 0.1) is 11.6 Å². The van der Waals surface area contributed by atoms with Crippen molar-refractivity contribution in [2.45, 2.75) is 58.7 Å². The Hall–Kier alpha value is -3.01. The zero-order valence-electron chi connectivity index (χ0n) is 20.7. The van der Waals surface area contributed by atoms with Crippen LogP contribution in [0.5, 0.6) is 0 Å². The van der Waals surface area contributed by atoms with E-state index in [1.54, 1.807) is 6.92 Å². The Morgan fingerprint density at radius 3 is 2.17 bits per heavy atom. The van der Waals surface area contributed by atoms with Crippen molar-refractivity contribution in [1.82, 2.24) is 10.2 Å².